The summed E-state index contributed by atoms with van der Waals surface area (Å²) in [5, 5.41) is 1.02. The standard InChI is InChI=1S/C21H21F2NO2/c1-3-19-16(15-6-4-5-7-20(15)26-19)13-24(2)21(25)11-9-14-8-10-17(22)18(23)12-14/h4-8,10,12H,3,9,11,13H2,1-2H3. The van der Waals surface area contributed by atoms with Crippen molar-refractivity contribution in [3.8, 4) is 0 Å². The number of hydrogen-bond acceptors (Lipinski definition) is 2. The molecule has 3 nitrogen and oxygen atoms in total. The predicted molar refractivity (Wildman–Crippen MR) is 96.7 cm³/mol. The predicted octanol–water partition coefficient (Wildman–Crippen LogP) is 4.86. The average molecular weight is 357 g/mol. The molecule has 3 rings (SSSR count). The number of halogens is 2. The largest absolute Gasteiger partial charge is 0.461 e. The molecule has 0 aliphatic rings. The van der Waals surface area contributed by atoms with Crippen molar-refractivity contribution < 1.29 is 18.0 Å². The Morgan fingerprint density at radius 1 is 1.12 bits per heavy atom. The minimum absolute atomic E-state index is 0.0536. The fourth-order valence-electron chi connectivity index (χ4n) is 3.07. The second-order valence-electron chi connectivity index (χ2n) is 6.35. The van der Waals surface area contributed by atoms with E-state index >= 15 is 0 Å². The minimum atomic E-state index is -0.888. The van der Waals surface area contributed by atoms with Crippen molar-refractivity contribution in [2.75, 3.05) is 7.05 Å². The van der Waals surface area contributed by atoms with E-state index in [9.17, 15) is 13.6 Å². The van der Waals surface area contributed by atoms with Crippen LogP contribution in [0.3, 0.4) is 0 Å². The minimum Gasteiger partial charge on any atom is -0.461 e. The number of carbonyl (C=O) groups excluding carboxylic acids is 1. The Morgan fingerprint density at radius 2 is 1.88 bits per heavy atom. The van der Waals surface area contributed by atoms with Gasteiger partial charge in [-0.15, -0.1) is 0 Å². The van der Waals surface area contributed by atoms with E-state index in [0.29, 0.717) is 18.5 Å². The van der Waals surface area contributed by atoms with Crippen LogP contribution < -0.4 is 0 Å². The summed E-state index contributed by atoms with van der Waals surface area (Å²) in [4.78, 5) is 14.1. The van der Waals surface area contributed by atoms with E-state index in [0.717, 1.165) is 40.8 Å². The normalized spacial score (nSPS) is 11.1. The van der Waals surface area contributed by atoms with Gasteiger partial charge in [-0.1, -0.05) is 31.2 Å². The molecule has 0 bridgehead atoms. The second-order valence-corrected chi connectivity index (χ2v) is 6.35. The molecule has 0 saturated carbocycles. The number of fused-ring (bicyclic) bond motifs is 1. The molecule has 0 unspecified atom stereocenters. The Morgan fingerprint density at radius 3 is 2.62 bits per heavy atom. The zero-order chi connectivity index (χ0) is 18.7. The molecular formula is C21H21F2NO2. The highest BCUT2D eigenvalue weighted by molar-refractivity contribution is 5.83. The van der Waals surface area contributed by atoms with Crippen LogP contribution in [0.15, 0.2) is 46.9 Å². The van der Waals surface area contributed by atoms with E-state index in [1.165, 1.54) is 6.07 Å². The van der Waals surface area contributed by atoms with Crippen LogP contribution in [0, 0.1) is 11.6 Å². The fourth-order valence-corrected chi connectivity index (χ4v) is 3.07. The summed E-state index contributed by atoms with van der Waals surface area (Å²) in [7, 11) is 1.74. The molecule has 0 fully saturated rings. The summed E-state index contributed by atoms with van der Waals surface area (Å²) in [6.07, 6.45) is 1.35. The molecule has 136 valence electrons. The van der Waals surface area contributed by atoms with E-state index < -0.39 is 11.6 Å². The lowest BCUT2D eigenvalue weighted by Gasteiger charge is -2.17. The third-order valence-corrected chi connectivity index (χ3v) is 4.54. The van der Waals surface area contributed by atoms with Gasteiger partial charge in [0.05, 0.1) is 0 Å². The van der Waals surface area contributed by atoms with Crippen molar-refractivity contribution in [2.45, 2.75) is 32.7 Å². The topological polar surface area (TPSA) is 33.5 Å². The molecule has 2 aromatic carbocycles. The SMILES string of the molecule is CCc1oc2ccccc2c1CN(C)C(=O)CCc1ccc(F)c(F)c1. The molecule has 1 heterocycles. The Bertz CT molecular complexity index is 933. The van der Waals surface area contributed by atoms with Crippen molar-refractivity contribution in [3.63, 3.8) is 0 Å². The van der Waals surface area contributed by atoms with Gasteiger partial charge in [0.15, 0.2) is 11.6 Å². The first kappa shape index (κ1) is 18.1. The highest BCUT2D eigenvalue weighted by atomic mass is 19.2. The van der Waals surface area contributed by atoms with E-state index in [-0.39, 0.29) is 12.3 Å². The van der Waals surface area contributed by atoms with Gasteiger partial charge < -0.3 is 9.32 Å². The lowest BCUT2D eigenvalue weighted by atomic mass is 10.1. The highest BCUT2D eigenvalue weighted by Gasteiger charge is 2.17. The summed E-state index contributed by atoms with van der Waals surface area (Å²) in [5.74, 6) is -0.939. The smallest absolute Gasteiger partial charge is 0.222 e. The number of nitrogens with zero attached hydrogens (tertiary/aromatic N) is 1. The van der Waals surface area contributed by atoms with Gasteiger partial charge in [-0.25, -0.2) is 8.78 Å². The van der Waals surface area contributed by atoms with Crippen molar-refractivity contribution in [1.82, 2.24) is 4.90 Å². The number of hydrogen-bond donors (Lipinski definition) is 0. The molecule has 0 spiro atoms. The van der Waals surface area contributed by atoms with E-state index in [1.807, 2.05) is 31.2 Å². The van der Waals surface area contributed by atoms with Crippen molar-refractivity contribution in [2.24, 2.45) is 0 Å². The van der Waals surface area contributed by atoms with E-state index in [4.69, 9.17) is 4.42 Å². The lowest BCUT2D eigenvalue weighted by Crippen LogP contribution is -2.26. The molecule has 1 amide bonds. The van der Waals surface area contributed by atoms with Crippen molar-refractivity contribution in [3.05, 3.63) is 71.0 Å². The van der Waals surface area contributed by atoms with Crippen molar-refractivity contribution >= 4 is 16.9 Å². The maximum absolute atomic E-state index is 13.3. The molecule has 0 radical (unpaired) electrons. The summed E-state index contributed by atoms with van der Waals surface area (Å²) in [5.41, 5.74) is 2.45. The summed E-state index contributed by atoms with van der Waals surface area (Å²) >= 11 is 0. The number of rotatable bonds is 6. The Balaban J connectivity index is 1.68. The zero-order valence-corrected chi connectivity index (χ0v) is 14.9. The first-order chi connectivity index (χ1) is 12.5. The zero-order valence-electron chi connectivity index (χ0n) is 14.9. The van der Waals surface area contributed by atoms with Crippen LogP contribution in [-0.2, 0) is 24.2 Å². The molecule has 3 aromatic rings. The van der Waals surface area contributed by atoms with Crippen LogP contribution in [-0.4, -0.2) is 17.9 Å². The maximum atomic E-state index is 13.3. The number of para-hydroxylation sites is 1. The highest BCUT2D eigenvalue weighted by Crippen LogP contribution is 2.27. The molecule has 1 aromatic heterocycles. The van der Waals surface area contributed by atoms with Gasteiger partial charge in [-0.3, -0.25) is 4.79 Å². The van der Waals surface area contributed by atoms with E-state index in [1.54, 1.807) is 11.9 Å². The first-order valence-electron chi connectivity index (χ1n) is 8.66. The molecule has 0 N–H and O–H groups in total. The average Bonchev–Trinajstić information content (AvgIpc) is 3.00. The molecule has 26 heavy (non-hydrogen) atoms. The maximum Gasteiger partial charge on any atom is 0.222 e. The van der Waals surface area contributed by atoms with Gasteiger partial charge >= 0.3 is 0 Å². The molecule has 5 heteroatoms. The van der Waals surface area contributed by atoms with Crippen LogP contribution in [0.25, 0.3) is 11.0 Å². The number of benzene rings is 2. The van der Waals surface area contributed by atoms with Crippen LogP contribution in [0.5, 0.6) is 0 Å². The molecule has 0 aliphatic heterocycles. The second kappa shape index (κ2) is 7.68. The van der Waals surface area contributed by atoms with Crippen LogP contribution in [0.1, 0.15) is 30.2 Å². The first-order valence-corrected chi connectivity index (χ1v) is 8.66. The van der Waals surface area contributed by atoms with Gasteiger partial charge in [0.2, 0.25) is 5.91 Å². The molecular weight excluding hydrogens is 336 g/mol. The number of aryl methyl sites for hydroxylation is 2. The third kappa shape index (κ3) is 3.77. The lowest BCUT2D eigenvalue weighted by molar-refractivity contribution is -0.130. The van der Waals surface area contributed by atoms with E-state index in [2.05, 4.69) is 0 Å². The van der Waals surface area contributed by atoms with Gasteiger partial charge in [0.25, 0.3) is 0 Å². The quantitative estimate of drug-likeness (QED) is 0.631. The Kier molecular flexibility index (Phi) is 5.35. The Labute approximate surface area is 151 Å². The van der Waals surface area contributed by atoms with Gasteiger partial charge in [-0.2, -0.15) is 0 Å². The third-order valence-electron chi connectivity index (χ3n) is 4.54. The Hall–Kier alpha value is -2.69. The summed E-state index contributed by atoms with van der Waals surface area (Å²) < 4.78 is 32.1. The van der Waals surface area contributed by atoms with Crippen LogP contribution >= 0.6 is 0 Å². The van der Waals surface area contributed by atoms with Gasteiger partial charge in [0.1, 0.15) is 11.3 Å². The molecule has 0 saturated heterocycles. The van der Waals surface area contributed by atoms with Gasteiger partial charge in [0, 0.05) is 37.4 Å². The monoisotopic (exact) mass is 357 g/mol. The number of amides is 1. The summed E-state index contributed by atoms with van der Waals surface area (Å²) in [6, 6.07) is 11.5. The number of carbonyl (C=O) groups is 1. The summed E-state index contributed by atoms with van der Waals surface area (Å²) in [6.45, 7) is 2.48. The van der Waals surface area contributed by atoms with Gasteiger partial charge in [-0.05, 0) is 30.2 Å². The van der Waals surface area contributed by atoms with Crippen molar-refractivity contribution in [1.29, 1.82) is 0 Å². The fraction of sp³-hybridized carbons (Fsp3) is 0.286. The van der Waals surface area contributed by atoms with Crippen LogP contribution in [0.4, 0.5) is 8.78 Å². The van der Waals surface area contributed by atoms with Crippen LogP contribution in [0.2, 0.25) is 0 Å². The number of furan rings is 1. The molecule has 0 aliphatic carbocycles. The molecule has 0 atom stereocenters.